The first-order valence-electron chi connectivity index (χ1n) is 9.96. The molecule has 8 nitrogen and oxygen atoms in total. The Hall–Kier alpha value is -3.43. The van der Waals surface area contributed by atoms with Gasteiger partial charge in [0, 0.05) is 5.02 Å². The molecule has 2 aliphatic heterocycles. The first-order chi connectivity index (χ1) is 15.8. The van der Waals surface area contributed by atoms with Gasteiger partial charge in [-0.25, -0.2) is 9.69 Å². The summed E-state index contributed by atoms with van der Waals surface area (Å²) in [6.45, 7) is 1.90. The summed E-state index contributed by atoms with van der Waals surface area (Å²) in [7, 11) is 0. The average Bonchev–Trinajstić information content (AvgIpc) is 3.23. The van der Waals surface area contributed by atoms with Crippen molar-refractivity contribution in [2.45, 2.75) is 19.4 Å². The molecule has 33 heavy (non-hydrogen) atoms. The Morgan fingerprint density at radius 3 is 2.39 bits per heavy atom. The van der Waals surface area contributed by atoms with Crippen LogP contribution in [0.3, 0.4) is 0 Å². The molecule has 10 heteroatoms. The number of rotatable bonds is 5. The standard InChI is InChI=1S/C23H17ClN2O6S/c1-2-32-22(30)14-5-9-16(10-6-14)25-19(27)12-17(20(25)28)26-21(29)18(33-23(26)31)11-13-3-7-15(24)8-4-13/h3-11,17H,2,12H2,1H3/b18-11-/t17-/m1/s1. The van der Waals surface area contributed by atoms with E-state index in [4.69, 9.17) is 16.3 Å². The van der Waals surface area contributed by atoms with Crippen molar-refractivity contribution in [2.75, 3.05) is 11.5 Å². The summed E-state index contributed by atoms with van der Waals surface area (Å²) in [5.74, 6) is -2.38. The monoisotopic (exact) mass is 484 g/mol. The van der Waals surface area contributed by atoms with Crippen molar-refractivity contribution in [2.24, 2.45) is 0 Å². The molecule has 2 aromatic carbocycles. The Labute approximate surface area is 198 Å². The van der Waals surface area contributed by atoms with Gasteiger partial charge in [0.15, 0.2) is 0 Å². The molecule has 4 rings (SSSR count). The lowest BCUT2D eigenvalue weighted by Gasteiger charge is -2.20. The van der Waals surface area contributed by atoms with Crippen molar-refractivity contribution < 1.29 is 28.7 Å². The number of hydrogen-bond acceptors (Lipinski definition) is 7. The van der Waals surface area contributed by atoms with Crippen LogP contribution in [0.2, 0.25) is 5.02 Å². The molecule has 2 aliphatic rings. The van der Waals surface area contributed by atoms with Gasteiger partial charge in [0.1, 0.15) is 6.04 Å². The van der Waals surface area contributed by atoms with Crippen LogP contribution in [0, 0.1) is 0 Å². The number of esters is 1. The van der Waals surface area contributed by atoms with E-state index in [0.29, 0.717) is 22.3 Å². The Morgan fingerprint density at radius 1 is 1.09 bits per heavy atom. The zero-order valence-electron chi connectivity index (χ0n) is 17.3. The molecule has 0 N–H and O–H groups in total. The number of carbonyl (C=O) groups is 5. The van der Waals surface area contributed by atoms with Gasteiger partial charge in [-0.1, -0.05) is 23.7 Å². The van der Waals surface area contributed by atoms with E-state index in [-0.39, 0.29) is 29.2 Å². The SMILES string of the molecule is CCOC(=O)c1ccc(N2C(=O)C[C@@H](N3C(=O)S/C(=C\c4ccc(Cl)cc4)C3=O)C2=O)cc1. The smallest absolute Gasteiger partial charge is 0.338 e. The molecule has 168 valence electrons. The predicted octanol–water partition coefficient (Wildman–Crippen LogP) is 3.89. The molecule has 0 aromatic heterocycles. The Kier molecular flexibility index (Phi) is 6.35. The Morgan fingerprint density at radius 2 is 1.76 bits per heavy atom. The molecule has 2 aromatic rings. The maximum absolute atomic E-state index is 13.0. The fraction of sp³-hybridized carbons (Fsp3) is 0.174. The van der Waals surface area contributed by atoms with Gasteiger partial charge >= 0.3 is 5.97 Å². The Balaban J connectivity index is 1.54. The number of anilines is 1. The highest BCUT2D eigenvalue weighted by atomic mass is 35.5. The molecule has 0 radical (unpaired) electrons. The van der Waals surface area contributed by atoms with E-state index in [0.717, 1.165) is 9.80 Å². The molecule has 0 aliphatic carbocycles. The largest absolute Gasteiger partial charge is 0.462 e. The van der Waals surface area contributed by atoms with E-state index in [9.17, 15) is 24.0 Å². The second kappa shape index (κ2) is 9.21. The van der Waals surface area contributed by atoms with E-state index in [1.165, 1.54) is 30.3 Å². The van der Waals surface area contributed by atoms with Crippen LogP contribution in [0.15, 0.2) is 53.4 Å². The first kappa shape index (κ1) is 22.8. The van der Waals surface area contributed by atoms with Gasteiger partial charge in [0.05, 0.1) is 29.2 Å². The van der Waals surface area contributed by atoms with Crippen LogP contribution in [0.5, 0.6) is 0 Å². The maximum atomic E-state index is 13.0. The van der Waals surface area contributed by atoms with Gasteiger partial charge in [-0.2, -0.15) is 0 Å². The van der Waals surface area contributed by atoms with Crippen molar-refractivity contribution in [3.8, 4) is 0 Å². The van der Waals surface area contributed by atoms with Crippen molar-refractivity contribution in [3.05, 3.63) is 69.6 Å². The van der Waals surface area contributed by atoms with Gasteiger partial charge in [0.25, 0.3) is 17.1 Å². The van der Waals surface area contributed by atoms with E-state index >= 15 is 0 Å². The molecule has 2 saturated heterocycles. The number of amides is 4. The molecule has 2 fully saturated rings. The summed E-state index contributed by atoms with van der Waals surface area (Å²) in [5, 5.41) is -0.0865. The lowest BCUT2D eigenvalue weighted by molar-refractivity contribution is -0.130. The van der Waals surface area contributed by atoms with Crippen molar-refractivity contribution in [3.63, 3.8) is 0 Å². The molecule has 2 heterocycles. The number of thioether (sulfide) groups is 1. The highest BCUT2D eigenvalue weighted by Crippen LogP contribution is 2.37. The molecule has 0 saturated carbocycles. The van der Waals surface area contributed by atoms with Crippen LogP contribution in [0.25, 0.3) is 6.08 Å². The number of ether oxygens (including phenoxy) is 1. The predicted molar refractivity (Wildman–Crippen MR) is 123 cm³/mol. The van der Waals surface area contributed by atoms with Crippen molar-refractivity contribution in [1.82, 2.24) is 4.90 Å². The summed E-state index contributed by atoms with van der Waals surface area (Å²) in [6, 6.07) is 11.2. The van der Waals surface area contributed by atoms with E-state index in [1.54, 1.807) is 31.2 Å². The van der Waals surface area contributed by atoms with Crippen LogP contribution in [-0.2, 0) is 19.1 Å². The number of carbonyl (C=O) groups excluding carboxylic acids is 5. The average molecular weight is 485 g/mol. The van der Waals surface area contributed by atoms with Crippen LogP contribution >= 0.6 is 23.4 Å². The molecular weight excluding hydrogens is 468 g/mol. The lowest BCUT2D eigenvalue weighted by atomic mass is 10.2. The minimum atomic E-state index is -1.23. The molecule has 0 spiro atoms. The third kappa shape index (κ3) is 4.42. The third-order valence-electron chi connectivity index (χ3n) is 5.06. The number of nitrogens with zero attached hydrogens (tertiary/aromatic N) is 2. The third-order valence-corrected chi connectivity index (χ3v) is 6.20. The Bertz CT molecular complexity index is 1190. The highest BCUT2D eigenvalue weighted by molar-refractivity contribution is 8.18. The zero-order chi connectivity index (χ0) is 23.7. The van der Waals surface area contributed by atoms with Gasteiger partial charge in [0.2, 0.25) is 5.91 Å². The van der Waals surface area contributed by atoms with Crippen LogP contribution in [0.4, 0.5) is 10.5 Å². The molecule has 4 amide bonds. The minimum Gasteiger partial charge on any atom is -0.462 e. The lowest BCUT2D eigenvalue weighted by Crippen LogP contribution is -2.44. The number of imide groups is 2. The van der Waals surface area contributed by atoms with E-state index in [1.807, 2.05) is 0 Å². The first-order valence-corrected chi connectivity index (χ1v) is 11.2. The highest BCUT2D eigenvalue weighted by Gasteiger charge is 2.50. The van der Waals surface area contributed by atoms with Crippen LogP contribution < -0.4 is 4.90 Å². The second-order valence-electron chi connectivity index (χ2n) is 7.16. The molecule has 1 atom stereocenters. The van der Waals surface area contributed by atoms with Gasteiger partial charge in [-0.15, -0.1) is 0 Å². The maximum Gasteiger partial charge on any atom is 0.338 e. The summed E-state index contributed by atoms with van der Waals surface area (Å²) >= 11 is 6.58. The fourth-order valence-electron chi connectivity index (χ4n) is 3.51. The number of halogens is 1. The number of hydrogen-bond donors (Lipinski definition) is 0. The number of benzene rings is 2. The van der Waals surface area contributed by atoms with Gasteiger partial charge < -0.3 is 4.74 Å². The van der Waals surface area contributed by atoms with E-state index < -0.39 is 35.0 Å². The second-order valence-corrected chi connectivity index (χ2v) is 8.59. The summed E-state index contributed by atoms with van der Waals surface area (Å²) < 4.78 is 4.92. The molecule has 0 unspecified atom stereocenters. The summed E-state index contributed by atoms with van der Waals surface area (Å²) in [5.41, 5.74) is 1.18. The summed E-state index contributed by atoms with van der Waals surface area (Å²) in [4.78, 5) is 64.9. The van der Waals surface area contributed by atoms with E-state index in [2.05, 4.69) is 0 Å². The van der Waals surface area contributed by atoms with Crippen molar-refractivity contribution in [1.29, 1.82) is 0 Å². The van der Waals surface area contributed by atoms with Gasteiger partial charge in [-0.3, -0.25) is 24.1 Å². The van der Waals surface area contributed by atoms with Gasteiger partial charge in [-0.05, 0) is 66.7 Å². The summed E-state index contributed by atoms with van der Waals surface area (Å²) in [6.07, 6.45) is 1.22. The topological polar surface area (TPSA) is 101 Å². The molecule has 0 bridgehead atoms. The quantitative estimate of drug-likeness (QED) is 0.360. The minimum absolute atomic E-state index is 0.153. The molecular formula is C23H17ClN2O6S. The van der Waals surface area contributed by atoms with Crippen molar-refractivity contribution >= 4 is 64.1 Å². The normalized spacial score (nSPS) is 19.7. The zero-order valence-corrected chi connectivity index (χ0v) is 18.9. The fourth-order valence-corrected chi connectivity index (χ4v) is 4.51. The van der Waals surface area contributed by atoms with Crippen LogP contribution in [-0.4, -0.2) is 46.5 Å². The van der Waals surface area contributed by atoms with Crippen LogP contribution in [0.1, 0.15) is 29.3 Å².